The van der Waals surface area contributed by atoms with E-state index in [0.717, 1.165) is 56.0 Å². The summed E-state index contributed by atoms with van der Waals surface area (Å²) in [6.07, 6.45) is 0.254. The molecule has 2 N–H and O–H groups in total. The molecule has 0 spiro atoms. The van der Waals surface area contributed by atoms with Crippen LogP contribution in [0.25, 0.3) is 0 Å². The third kappa shape index (κ3) is 4.69. The van der Waals surface area contributed by atoms with Gasteiger partial charge in [-0.3, -0.25) is 0 Å². The first-order valence-corrected chi connectivity index (χ1v) is 8.63. The van der Waals surface area contributed by atoms with E-state index in [2.05, 4.69) is 50.0 Å². The molecule has 4 nitrogen and oxygen atoms in total. The summed E-state index contributed by atoms with van der Waals surface area (Å²) in [5.41, 5.74) is 3.25. The summed E-state index contributed by atoms with van der Waals surface area (Å²) in [5, 5.41) is 14.1. The minimum absolute atomic E-state index is 0.00955. The van der Waals surface area contributed by atoms with Gasteiger partial charge in [-0.05, 0) is 24.8 Å². The highest BCUT2D eigenvalue weighted by Crippen LogP contribution is 2.38. The van der Waals surface area contributed by atoms with Crippen molar-refractivity contribution in [2.75, 3.05) is 39.8 Å². The summed E-state index contributed by atoms with van der Waals surface area (Å²) in [6, 6.07) is 4.24. The summed E-state index contributed by atoms with van der Waals surface area (Å²) in [4.78, 5) is 2.41. The first-order valence-electron chi connectivity index (χ1n) is 8.63. The molecule has 130 valence electrons. The van der Waals surface area contributed by atoms with Gasteiger partial charge in [0, 0.05) is 43.9 Å². The van der Waals surface area contributed by atoms with Crippen molar-refractivity contribution in [2.24, 2.45) is 0 Å². The molecule has 0 radical (unpaired) electrons. The second-order valence-corrected chi connectivity index (χ2v) is 7.58. The van der Waals surface area contributed by atoms with Crippen LogP contribution in [0.3, 0.4) is 0 Å². The zero-order chi connectivity index (χ0) is 17.0. The minimum Gasteiger partial charge on any atom is -0.496 e. The van der Waals surface area contributed by atoms with Gasteiger partial charge in [0.1, 0.15) is 5.75 Å². The molecule has 1 saturated heterocycles. The first-order chi connectivity index (χ1) is 10.8. The number of methoxy groups -OCH3 is 1. The molecule has 0 aromatic heterocycles. The number of rotatable bonds is 5. The lowest BCUT2D eigenvalue weighted by Gasteiger charge is -2.29. The number of ether oxygens (including phenoxy) is 1. The molecule has 0 saturated carbocycles. The van der Waals surface area contributed by atoms with Gasteiger partial charge in [0.2, 0.25) is 0 Å². The molecule has 1 fully saturated rings. The van der Waals surface area contributed by atoms with Crippen LogP contribution in [0, 0.1) is 6.92 Å². The van der Waals surface area contributed by atoms with E-state index >= 15 is 0 Å². The maximum Gasteiger partial charge on any atom is 0.128 e. The van der Waals surface area contributed by atoms with Gasteiger partial charge in [0.05, 0.1) is 13.2 Å². The largest absolute Gasteiger partial charge is 0.496 e. The predicted molar refractivity (Wildman–Crippen MR) is 95.3 cm³/mol. The standard InChI is InChI=1S/C19H32N2O2/c1-14-12-15(18(23-5)16(13-14)19(2,3)4)17(22)6-9-21-10-7-20-8-11-21/h12-13,17,20,22H,6-11H2,1-5H3. The highest BCUT2D eigenvalue weighted by molar-refractivity contribution is 5.48. The van der Waals surface area contributed by atoms with Crippen LogP contribution in [0.4, 0.5) is 0 Å². The summed E-state index contributed by atoms with van der Waals surface area (Å²) < 4.78 is 5.69. The maximum atomic E-state index is 10.8. The number of hydrogen-bond acceptors (Lipinski definition) is 4. The smallest absolute Gasteiger partial charge is 0.128 e. The Morgan fingerprint density at radius 3 is 2.48 bits per heavy atom. The molecule has 1 aromatic carbocycles. The van der Waals surface area contributed by atoms with Crippen molar-refractivity contribution in [1.82, 2.24) is 10.2 Å². The summed E-state index contributed by atoms with van der Waals surface area (Å²) in [5.74, 6) is 0.843. The van der Waals surface area contributed by atoms with Crippen molar-refractivity contribution in [1.29, 1.82) is 0 Å². The zero-order valence-electron chi connectivity index (χ0n) is 15.3. The van der Waals surface area contributed by atoms with Crippen LogP contribution in [0.2, 0.25) is 0 Å². The first kappa shape index (κ1) is 18.2. The molecule has 1 heterocycles. The van der Waals surface area contributed by atoms with Crippen LogP contribution in [0.1, 0.15) is 50.0 Å². The van der Waals surface area contributed by atoms with Gasteiger partial charge < -0.3 is 20.1 Å². The zero-order valence-corrected chi connectivity index (χ0v) is 15.3. The van der Waals surface area contributed by atoms with E-state index in [1.54, 1.807) is 7.11 Å². The van der Waals surface area contributed by atoms with Gasteiger partial charge in [0.15, 0.2) is 0 Å². The van der Waals surface area contributed by atoms with Gasteiger partial charge in [-0.25, -0.2) is 0 Å². The molecule has 1 aromatic rings. The number of aliphatic hydroxyl groups excluding tert-OH is 1. The van der Waals surface area contributed by atoms with Crippen molar-refractivity contribution in [3.63, 3.8) is 0 Å². The second kappa shape index (κ2) is 7.65. The van der Waals surface area contributed by atoms with Crippen LogP contribution in [0.5, 0.6) is 5.75 Å². The summed E-state index contributed by atoms with van der Waals surface area (Å²) in [6.45, 7) is 13.8. The number of benzene rings is 1. The van der Waals surface area contributed by atoms with Crippen LogP contribution in [-0.4, -0.2) is 49.8 Å². The molecule has 1 aliphatic rings. The summed E-state index contributed by atoms with van der Waals surface area (Å²) in [7, 11) is 1.70. The lowest BCUT2D eigenvalue weighted by atomic mass is 9.83. The van der Waals surface area contributed by atoms with Crippen LogP contribution >= 0.6 is 0 Å². The van der Waals surface area contributed by atoms with Crippen LogP contribution in [0.15, 0.2) is 12.1 Å². The molecule has 0 amide bonds. The third-order valence-corrected chi connectivity index (χ3v) is 4.56. The Balaban J connectivity index is 2.18. The minimum atomic E-state index is -0.485. The average molecular weight is 320 g/mol. The number of piperazine rings is 1. The fraction of sp³-hybridized carbons (Fsp3) is 0.684. The molecule has 1 aliphatic heterocycles. The van der Waals surface area contributed by atoms with E-state index in [4.69, 9.17) is 4.74 Å². The SMILES string of the molecule is COc1c(C(O)CCN2CCNCC2)cc(C)cc1C(C)(C)C. The van der Waals surface area contributed by atoms with Crippen molar-refractivity contribution in [3.8, 4) is 5.75 Å². The number of aliphatic hydroxyl groups is 1. The van der Waals surface area contributed by atoms with Gasteiger partial charge in [-0.15, -0.1) is 0 Å². The van der Waals surface area contributed by atoms with Gasteiger partial charge in [0.25, 0.3) is 0 Å². The van der Waals surface area contributed by atoms with E-state index < -0.39 is 6.10 Å². The average Bonchev–Trinajstić information content (AvgIpc) is 2.52. The van der Waals surface area contributed by atoms with Crippen molar-refractivity contribution in [3.05, 3.63) is 28.8 Å². The van der Waals surface area contributed by atoms with E-state index in [9.17, 15) is 5.11 Å². The van der Waals surface area contributed by atoms with Crippen molar-refractivity contribution >= 4 is 0 Å². The Morgan fingerprint density at radius 2 is 1.91 bits per heavy atom. The van der Waals surface area contributed by atoms with Gasteiger partial charge in [-0.1, -0.05) is 32.4 Å². The molecule has 0 bridgehead atoms. The third-order valence-electron chi connectivity index (χ3n) is 4.56. The Kier molecular flexibility index (Phi) is 6.06. The van der Waals surface area contributed by atoms with Crippen LogP contribution < -0.4 is 10.1 Å². The van der Waals surface area contributed by atoms with E-state index in [1.807, 2.05) is 0 Å². The molecule has 23 heavy (non-hydrogen) atoms. The normalized spacial score (nSPS) is 18.0. The quantitative estimate of drug-likeness (QED) is 0.875. The van der Waals surface area contributed by atoms with E-state index in [1.165, 1.54) is 5.56 Å². The highest BCUT2D eigenvalue weighted by atomic mass is 16.5. The fourth-order valence-corrected chi connectivity index (χ4v) is 3.23. The lowest BCUT2D eigenvalue weighted by molar-refractivity contribution is 0.133. The summed E-state index contributed by atoms with van der Waals surface area (Å²) >= 11 is 0. The van der Waals surface area contributed by atoms with Crippen molar-refractivity contribution in [2.45, 2.75) is 45.6 Å². The van der Waals surface area contributed by atoms with Crippen molar-refractivity contribution < 1.29 is 9.84 Å². The monoisotopic (exact) mass is 320 g/mol. The number of nitrogens with zero attached hydrogens (tertiary/aromatic N) is 1. The predicted octanol–water partition coefficient (Wildman–Crippen LogP) is 2.63. The number of aryl methyl sites for hydroxylation is 1. The Bertz CT molecular complexity index is 517. The molecule has 1 unspecified atom stereocenters. The lowest BCUT2D eigenvalue weighted by Crippen LogP contribution is -2.44. The number of hydrogen-bond donors (Lipinski definition) is 2. The van der Waals surface area contributed by atoms with Crippen LogP contribution in [-0.2, 0) is 5.41 Å². The molecule has 2 rings (SSSR count). The molecule has 0 aliphatic carbocycles. The Hall–Kier alpha value is -1.10. The van der Waals surface area contributed by atoms with Gasteiger partial charge in [-0.2, -0.15) is 0 Å². The fourth-order valence-electron chi connectivity index (χ4n) is 3.23. The molecular weight excluding hydrogens is 288 g/mol. The topological polar surface area (TPSA) is 44.7 Å². The number of nitrogens with one attached hydrogen (secondary N) is 1. The Labute approximate surface area is 140 Å². The maximum absolute atomic E-state index is 10.8. The molecular formula is C19H32N2O2. The van der Waals surface area contributed by atoms with E-state index in [0.29, 0.717) is 0 Å². The Morgan fingerprint density at radius 1 is 1.26 bits per heavy atom. The van der Waals surface area contributed by atoms with Gasteiger partial charge >= 0.3 is 0 Å². The van der Waals surface area contributed by atoms with E-state index in [-0.39, 0.29) is 5.41 Å². The second-order valence-electron chi connectivity index (χ2n) is 7.58. The molecule has 1 atom stereocenters. The molecule has 4 heteroatoms. The highest BCUT2D eigenvalue weighted by Gasteiger charge is 2.25.